The number of hydrogen-bond donors (Lipinski definition) is 0. The van der Waals surface area contributed by atoms with E-state index in [1.807, 2.05) is 0 Å². The average Bonchev–Trinajstić information content (AvgIpc) is 3.08. The fourth-order valence-corrected chi connectivity index (χ4v) is 6.66. The molecule has 2 fully saturated rings. The maximum absolute atomic E-state index is 13.1. The van der Waals surface area contributed by atoms with Gasteiger partial charge in [-0.05, 0) is 73.2 Å². The van der Waals surface area contributed by atoms with Crippen LogP contribution in [0.2, 0.25) is 0 Å². The summed E-state index contributed by atoms with van der Waals surface area (Å²) in [6.07, 6.45) is 7.18. The summed E-state index contributed by atoms with van der Waals surface area (Å²) in [5.74, 6) is 2.83. The molecule has 2 saturated carbocycles. The molecule has 7 atom stereocenters. The highest BCUT2D eigenvalue weighted by atomic mass is 16.1. The first-order valence-electron chi connectivity index (χ1n) is 11.3. The minimum atomic E-state index is -0.00997. The summed E-state index contributed by atoms with van der Waals surface area (Å²) >= 11 is 0. The molecule has 0 heterocycles. The second-order valence-corrected chi connectivity index (χ2v) is 10.7. The van der Waals surface area contributed by atoms with E-state index in [4.69, 9.17) is 0 Å². The van der Waals surface area contributed by atoms with E-state index in [0.717, 1.165) is 31.3 Å². The number of rotatable bonds is 6. The van der Waals surface area contributed by atoms with Crippen LogP contribution >= 0.6 is 0 Å². The van der Waals surface area contributed by atoms with Crippen LogP contribution in [0.5, 0.6) is 0 Å². The van der Waals surface area contributed by atoms with E-state index in [1.165, 1.54) is 0 Å². The second kappa shape index (κ2) is 7.88. The molecule has 0 amide bonds. The lowest BCUT2D eigenvalue weighted by molar-refractivity contribution is -0.133. The van der Waals surface area contributed by atoms with Crippen LogP contribution in [0.3, 0.4) is 0 Å². The molecule has 156 valence electrons. The highest BCUT2D eigenvalue weighted by molar-refractivity contribution is 5.94. The number of fused-ring (bicyclic) bond motifs is 1. The first-order valence-corrected chi connectivity index (χ1v) is 11.3. The average molecular weight is 387 g/mol. The van der Waals surface area contributed by atoms with Crippen molar-refractivity contribution in [3.05, 3.63) is 11.6 Å². The van der Waals surface area contributed by atoms with Crippen molar-refractivity contribution < 1.29 is 14.4 Å². The predicted octanol–water partition coefficient (Wildman–Crippen LogP) is 5.42. The molecule has 0 aliphatic heterocycles. The van der Waals surface area contributed by atoms with E-state index in [-0.39, 0.29) is 29.0 Å². The zero-order valence-electron chi connectivity index (χ0n) is 18.6. The van der Waals surface area contributed by atoms with Gasteiger partial charge in [0.2, 0.25) is 0 Å². The summed E-state index contributed by atoms with van der Waals surface area (Å²) in [6.45, 7) is 12.6. The fraction of sp³-hybridized carbons (Fsp3) is 0.800. The molecule has 0 N–H and O–H groups in total. The van der Waals surface area contributed by atoms with Crippen LogP contribution in [-0.2, 0) is 14.4 Å². The molecule has 3 aliphatic rings. The van der Waals surface area contributed by atoms with Gasteiger partial charge in [0.1, 0.15) is 11.6 Å². The number of allylic oxidation sites excluding steroid dienone is 2. The highest BCUT2D eigenvalue weighted by Crippen LogP contribution is 2.56. The molecule has 0 radical (unpaired) electrons. The van der Waals surface area contributed by atoms with Crippen LogP contribution in [-0.4, -0.2) is 17.3 Å². The van der Waals surface area contributed by atoms with E-state index in [9.17, 15) is 14.4 Å². The molecule has 0 aromatic rings. The van der Waals surface area contributed by atoms with Gasteiger partial charge in [-0.1, -0.05) is 40.7 Å². The number of carbonyl (C=O) groups is 3. The van der Waals surface area contributed by atoms with Crippen LogP contribution in [0, 0.1) is 46.8 Å². The van der Waals surface area contributed by atoms with Crippen LogP contribution < -0.4 is 0 Å². The summed E-state index contributed by atoms with van der Waals surface area (Å²) in [7, 11) is 0. The van der Waals surface area contributed by atoms with Gasteiger partial charge in [0.05, 0.1) is 0 Å². The van der Waals surface area contributed by atoms with Gasteiger partial charge >= 0.3 is 0 Å². The molecule has 0 spiro atoms. The van der Waals surface area contributed by atoms with Gasteiger partial charge in [0.25, 0.3) is 0 Å². The highest BCUT2D eigenvalue weighted by Gasteiger charge is 2.56. The zero-order chi connectivity index (χ0) is 20.8. The minimum Gasteiger partial charge on any atom is -0.299 e. The lowest BCUT2D eigenvalue weighted by Gasteiger charge is -2.43. The molecule has 0 saturated heterocycles. The van der Waals surface area contributed by atoms with E-state index in [1.54, 1.807) is 6.92 Å². The van der Waals surface area contributed by atoms with Gasteiger partial charge in [-0.15, -0.1) is 0 Å². The standard InChI is InChI=1S/C25H38O3/c1-14(2)24-21-11-22(27)20(12-25(21,6)13-23(24)28)16(4)7-9-18-15(3)8-10-19(18)17(5)26/h10,14-16,18,20-21,24H,7-9,11-13H2,1-6H3/t15-,16-,18+,20-,21+,24-,25+/m1/s1. The zero-order valence-corrected chi connectivity index (χ0v) is 18.6. The quantitative estimate of drug-likeness (QED) is 0.612. The molecule has 3 heteroatoms. The number of hydrogen-bond acceptors (Lipinski definition) is 3. The van der Waals surface area contributed by atoms with E-state index in [2.05, 4.69) is 40.7 Å². The molecular formula is C25H38O3. The maximum Gasteiger partial charge on any atom is 0.155 e. The Balaban J connectivity index is 1.66. The summed E-state index contributed by atoms with van der Waals surface area (Å²) in [5, 5.41) is 0. The summed E-state index contributed by atoms with van der Waals surface area (Å²) in [4.78, 5) is 37.6. The largest absolute Gasteiger partial charge is 0.299 e. The van der Waals surface area contributed by atoms with Gasteiger partial charge in [-0.3, -0.25) is 14.4 Å². The lowest BCUT2D eigenvalue weighted by atomic mass is 9.60. The molecule has 0 bridgehead atoms. The van der Waals surface area contributed by atoms with Crippen LogP contribution in [0.25, 0.3) is 0 Å². The number of carbonyl (C=O) groups excluding carboxylic acids is 3. The Morgan fingerprint density at radius 2 is 1.89 bits per heavy atom. The van der Waals surface area contributed by atoms with E-state index < -0.39 is 0 Å². The third kappa shape index (κ3) is 3.78. The summed E-state index contributed by atoms with van der Waals surface area (Å²) in [6, 6.07) is 0. The lowest BCUT2D eigenvalue weighted by Crippen LogP contribution is -2.41. The molecule has 0 aromatic carbocycles. The normalized spacial score (nSPS) is 39.2. The molecule has 3 aliphatic carbocycles. The fourth-order valence-electron chi connectivity index (χ4n) is 6.66. The third-order valence-electron chi connectivity index (χ3n) is 8.34. The van der Waals surface area contributed by atoms with Crippen molar-refractivity contribution in [3.8, 4) is 0 Å². The van der Waals surface area contributed by atoms with Crippen LogP contribution in [0.1, 0.15) is 80.1 Å². The van der Waals surface area contributed by atoms with Crippen molar-refractivity contribution in [2.24, 2.45) is 46.8 Å². The molecule has 3 rings (SSSR count). The Hall–Kier alpha value is -1.25. The van der Waals surface area contributed by atoms with Crippen LogP contribution in [0.4, 0.5) is 0 Å². The predicted molar refractivity (Wildman–Crippen MR) is 112 cm³/mol. The molecule has 28 heavy (non-hydrogen) atoms. The Morgan fingerprint density at radius 3 is 2.50 bits per heavy atom. The van der Waals surface area contributed by atoms with Crippen molar-refractivity contribution in [2.45, 2.75) is 80.1 Å². The van der Waals surface area contributed by atoms with Crippen molar-refractivity contribution in [1.82, 2.24) is 0 Å². The molecule has 3 nitrogen and oxygen atoms in total. The van der Waals surface area contributed by atoms with Crippen molar-refractivity contribution in [1.29, 1.82) is 0 Å². The first-order chi connectivity index (χ1) is 13.0. The van der Waals surface area contributed by atoms with Crippen molar-refractivity contribution in [3.63, 3.8) is 0 Å². The molecule has 0 unspecified atom stereocenters. The minimum absolute atomic E-state index is 0.00997. The monoisotopic (exact) mass is 386 g/mol. The topological polar surface area (TPSA) is 51.2 Å². The van der Waals surface area contributed by atoms with Crippen molar-refractivity contribution in [2.75, 3.05) is 0 Å². The van der Waals surface area contributed by atoms with Gasteiger partial charge in [-0.25, -0.2) is 0 Å². The number of Topliss-reactive ketones (excluding diaryl/α,β-unsaturated/α-hetero) is 3. The Labute approximate surface area is 170 Å². The molecule has 0 aromatic heterocycles. The Morgan fingerprint density at radius 1 is 1.21 bits per heavy atom. The summed E-state index contributed by atoms with van der Waals surface area (Å²) in [5.41, 5.74) is 0.993. The Kier molecular flexibility index (Phi) is 6.04. The van der Waals surface area contributed by atoms with Crippen molar-refractivity contribution >= 4 is 17.3 Å². The van der Waals surface area contributed by atoms with Gasteiger partial charge in [0, 0.05) is 24.7 Å². The van der Waals surface area contributed by atoms with E-state index >= 15 is 0 Å². The SMILES string of the molecule is CC(=O)C1=CC[C@@H](C)[C@@H]1CC[C@@H](C)[C@H]1C[C@@]2(C)CC(=O)[C@H](C(C)C)[C@@H]2CC1=O. The maximum atomic E-state index is 13.1. The smallest absolute Gasteiger partial charge is 0.155 e. The van der Waals surface area contributed by atoms with Crippen LogP contribution in [0.15, 0.2) is 11.6 Å². The van der Waals surface area contributed by atoms with Gasteiger partial charge in [-0.2, -0.15) is 0 Å². The first kappa shape index (κ1) is 21.5. The number of ketones is 3. The second-order valence-electron chi connectivity index (χ2n) is 10.7. The van der Waals surface area contributed by atoms with Gasteiger partial charge in [0.15, 0.2) is 5.78 Å². The van der Waals surface area contributed by atoms with Gasteiger partial charge < -0.3 is 0 Å². The van der Waals surface area contributed by atoms with E-state index in [0.29, 0.717) is 48.1 Å². The third-order valence-corrected chi connectivity index (χ3v) is 8.34. The summed E-state index contributed by atoms with van der Waals surface area (Å²) < 4.78 is 0. The molecular weight excluding hydrogens is 348 g/mol. The Bertz CT molecular complexity index is 688.